The molecule has 2 aliphatic carbocycles. The average Bonchev–Trinajstić information content (AvgIpc) is 2.89. The van der Waals surface area contributed by atoms with E-state index in [-0.39, 0.29) is 0 Å². The Morgan fingerprint density at radius 2 is 1.82 bits per heavy atom. The first kappa shape index (κ1) is 11.5. The van der Waals surface area contributed by atoms with Gasteiger partial charge in [0.05, 0.1) is 11.8 Å². The molecular weight excluding hydrogens is 212 g/mol. The van der Waals surface area contributed by atoms with Crippen molar-refractivity contribution in [1.29, 1.82) is 0 Å². The fraction of sp³-hybridized carbons (Fsp3) is 0.929. The molecule has 0 amide bonds. The Bertz CT molecular complexity index is 318. The van der Waals surface area contributed by atoms with Gasteiger partial charge in [-0.15, -0.1) is 0 Å². The molecule has 1 heterocycles. The van der Waals surface area contributed by atoms with Crippen LogP contribution in [-0.2, 0) is 0 Å². The molecule has 17 heavy (non-hydrogen) atoms. The van der Waals surface area contributed by atoms with Crippen LogP contribution in [0.4, 0.5) is 0 Å². The minimum absolute atomic E-state index is 0.448. The lowest BCUT2D eigenvalue weighted by Gasteiger charge is -2.45. The van der Waals surface area contributed by atoms with E-state index < -0.39 is 0 Å². The topological polar surface area (TPSA) is 35.8 Å². The van der Waals surface area contributed by atoms with Gasteiger partial charge in [0.25, 0.3) is 0 Å². The van der Waals surface area contributed by atoms with E-state index in [0.29, 0.717) is 24.0 Å². The van der Waals surface area contributed by atoms with Crippen molar-refractivity contribution in [1.82, 2.24) is 4.90 Å². The quantitative estimate of drug-likeness (QED) is 0.561. The number of rotatable bonds is 1. The van der Waals surface area contributed by atoms with Crippen LogP contribution in [0.1, 0.15) is 52.4 Å². The summed E-state index contributed by atoms with van der Waals surface area (Å²) >= 11 is 0. The zero-order chi connectivity index (χ0) is 12.0. The first-order valence-corrected chi connectivity index (χ1v) is 7.21. The molecule has 3 heteroatoms. The highest BCUT2D eigenvalue weighted by molar-refractivity contribution is 5.94. The summed E-state index contributed by atoms with van der Waals surface area (Å²) < 4.78 is 0. The number of hydrogen-bond donors (Lipinski definition) is 1. The van der Waals surface area contributed by atoms with Crippen molar-refractivity contribution >= 4 is 5.71 Å². The fourth-order valence-electron chi connectivity index (χ4n) is 4.58. The molecule has 0 spiro atoms. The van der Waals surface area contributed by atoms with E-state index in [9.17, 15) is 5.21 Å². The first-order chi connectivity index (χ1) is 8.22. The van der Waals surface area contributed by atoms with Gasteiger partial charge in [0.2, 0.25) is 0 Å². The summed E-state index contributed by atoms with van der Waals surface area (Å²) in [6, 6.07) is 1.75. The predicted molar refractivity (Wildman–Crippen MR) is 68.5 cm³/mol. The lowest BCUT2D eigenvalue weighted by molar-refractivity contribution is 0.0602. The van der Waals surface area contributed by atoms with Crippen molar-refractivity contribution in [2.45, 2.75) is 70.5 Å². The maximum atomic E-state index is 9.32. The smallest absolute Gasteiger partial charge is 0.0775 e. The summed E-state index contributed by atoms with van der Waals surface area (Å²) in [6.07, 6.45) is 7.81. The Balaban J connectivity index is 1.87. The summed E-state index contributed by atoms with van der Waals surface area (Å²) in [6.45, 7) is 4.69. The van der Waals surface area contributed by atoms with E-state index in [2.05, 4.69) is 23.9 Å². The third-order valence-corrected chi connectivity index (χ3v) is 5.34. The number of hydrogen-bond acceptors (Lipinski definition) is 3. The molecule has 1 aliphatic heterocycles. The standard InChI is InChI=1S/C14H24N2O/c1-9-4-3-5-10(2)16(9)14-12-7-6-11(8-12)13(14)15-17/h9-12,14,17H,3-8H2,1-2H3/b15-13-/t9-,10-,11-,12+,14+/m0/s1. The highest BCUT2D eigenvalue weighted by atomic mass is 16.4. The van der Waals surface area contributed by atoms with Gasteiger partial charge in [0, 0.05) is 18.0 Å². The lowest BCUT2D eigenvalue weighted by Crippen LogP contribution is -2.55. The normalized spacial score (nSPS) is 49.1. The summed E-state index contributed by atoms with van der Waals surface area (Å²) in [4.78, 5) is 2.66. The monoisotopic (exact) mass is 236 g/mol. The Morgan fingerprint density at radius 1 is 1.12 bits per heavy atom. The lowest BCUT2D eigenvalue weighted by atomic mass is 9.86. The SMILES string of the molecule is C[C@H]1CCC[C@H](C)N1[C@H]1/C(=N\O)[C@H]2CC[C@@H]1C2. The van der Waals surface area contributed by atoms with E-state index in [1.54, 1.807) is 0 Å². The van der Waals surface area contributed by atoms with Gasteiger partial charge in [0.15, 0.2) is 0 Å². The van der Waals surface area contributed by atoms with Crippen molar-refractivity contribution in [3.05, 3.63) is 0 Å². The van der Waals surface area contributed by atoms with Gasteiger partial charge < -0.3 is 5.21 Å². The zero-order valence-corrected chi connectivity index (χ0v) is 11.0. The second kappa shape index (κ2) is 4.27. The number of oxime groups is 1. The van der Waals surface area contributed by atoms with Crippen molar-refractivity contribution in [2.24, 2.45) is 17.0 Å². The number of piperidine rings is 1. The predicted octanol–water partition coefficient (Wildman–Crippen LogP) is 2.88. The fourth-order valence-corrected chi connectivity index (χ4v) is 4.58. The second-order valence-electron chi connectivity index (χ2n) is 6.32. The van der Waals surface area contributed by atoms with E-state index in [1.165, 1.54) is 38.5 Å². The van der Waals surface area contributed by atoms with Gasteiger partial charge in [-0.25, -0.2) is 0 Å². The van der Waals surface area contributed by atoms with E-state index in [1.807, 2.05) is 0 Å². The van der Waals surface area contributed by atoms with Crippen molar-refractivity contribution < 1.29 is 5.21 Å². The van der Waals surface area contributed by atoms with E-state index in [4.69, 9.17) is 0 Å². The minimum Gasteiger partial charge on any atom is -0.411 e. The van der Waals surface area contributed by atoms with Crippen LogP contribution in [0.15, 0.2) is 5.16 Å². The maximum Gasteiger partial charge on any atom is 0.0775 e. The molecule has 0 aromatic rings. The van der Waals surface area contributed by atoms with Crippen LogP contribution >= 0.6 is 0 Å². The molecule has 96 valence electrons. The molecule has 0 radical (unpaired) electrons. The maximum absolute atomic E-state index is 9.32. The second-order valence-corrected chi connectivity index (χ2v) is 6.32. The van der Waals surface area contributed by atoms with Crippen LogP contribution in [0.25, 0.3) is 0 Å². The Kier molecular flexibility index (Phi) is 2.89. The molecule has 2 saturated carbocycles. The summed E-state index contributed by atoms with van der Waals surface area (Å²) in [5.74, 6) is 1.34. The summed E-state index contributed by atoms with van der Waals surface area (Å²) in [5.41, 5.74) is 1.10. The first-order valence-electron chi connectivity index (χ1n) is 7.21. The molecule has 5 atom stereocenters. The molecule has 3 aliphatic rings. The van der Waals surface area contributed by atoms with E-state index in [0.717, 1.165) is 11.6 Å². The molecular formula is C14H24N2O. The Morgan fingerprint density at radius 3 is 2.47 bits per heavy atom. The van der Waals surface area contributed by atoms with Crippen LogP contribution in [-0.4, -0.2) is 33.9 Å². The van der Waals surface area contributed by atoms with Gasteiger partial charge in [-0.1, -0.05) is 11.6 Å². The van der Waals surface area contributed by atoms with Crippen molar-refractivity contribution in [3.63, 3.8) is 0 Å². The highest BCUT2D eigenvalue weighted by Gasteiger charge is 2.50. The van der Waals surface area contributed by atoms with Crippen LogP contribution < -0.4 is 0 Å². The molecule has 2 bridgehead atoms. The van der Waals surface area contributed by atoms with Crippen molar-refractivity contribution in [2.75, 3.05) is 0 Å². The average molecular weight is 236 g/mol. The minimum atomic E-state index is 0.448. The van der Waals surface area contributed by atoms with Gasteiger partial charge in [-0.05, 0) is 51.9 Å². The largest absolute Gasteiger partial charge is 0.411 e. The molecule has 3 fully saturated rings. The van der Waals surface area contributed by atoms with Gasteiger partial charge in [-0.2, -0.15) is 0 Å². The van der Waals surface area contributed by atoms with Crippen LogP contribution in [0.3, 0.4) is 0 Å². The number of fused-ring (bicyclic) bond motifs is 2. The number of likely N-dealkylation sites (tertiary alicyclic amines) is 1. The third kappa shape index (κ3) is 1.70. The van der Waals surface area contributed by atoms with Gasteiger partial charge in [-0.3, -0.25) is 4.90 Å². The highest BCUT2D eigenvalue weighted by Crippen LogP contribution is 2.47. The molecule has 0 aromatic carbocycles. The van der Waals surface area contributed by atoms with E-state index >= 15 is 0 Å². The molecule has 1 N–H and O–H groups in total. The summed E-state index contributed by atoms with van der Waals surface area (Å²) in [5, 5.41) is 13.0. The zero-order valence-electron chi connectivity index (χ0n) is 11.0. The molecule has 0 aromatic heterocycles. The number of nitrogens with zero attached hydrogens (tertiary/aromatic N) is 2. The van der Waals surface area contributed by atoms with Gasteiger partial charge >= 0.3 is 0 Å². The summed E-state index contributed by atoms with van der Waals surface area (Å²) in [7, 11) is 0. The van der Waals surface area contributed by atoms with Gasteiger partial charge in [0.1, 0.15) is 0 Å². The van der Waals surface area contributed by atoms with Crippen LogP contribution in [0.2, 0.25) is 0 Å². The van der Waals surface area contributed by atoms with Crippen LogP contribution in [0.5, 0.6) is 0 Å². The molecule has 3 nitrogen and oxygen atoms in total. The van der Waals surface area contributed by atoms with Crippen LogP contribution in [0, 0.1) is 11.8 Å². The molecule has 3 rings (SSSR count). The molecule has 0 unspecified atom stereocenters. The Hall–Kier alpha value is -0.570. The molecule has 1 saturated heterocycles. The third-order valence-electron chi connectivity index (χ3n) is 5.34. The van der Waals surface area contributed by atoms with Crippen molar-refractivity contribution in [3.8, 4) is 0 Å². The Labute approximate surface area is 104 Å².